The summed E-state index contributed by atoms with van der Waals surface area (Å²) in [6.07, 6.45) is 4.30. The Balaban J connectivity index is 0.00000161. The third kappa shape index (κ3) is 4.29. The molecule has 0 aliphatic carbocycles. The zero-order valence-corrected chi connectivity index (χ0v) is 14.2. The molecule has 120 valence electrons. The van der Waals surface area contributed by atoms with E-state index in [1.165, 1.54) is 30.8 Å². The fraction of sp³-hybridized carbons (Fsp3) is 0.786. The second-order valence-electron chi connectivity index (χ2n) is 5.82. The van der Waals surface area contributed by atoms with Crippen molar-refractivity contribution in [1.29, 1.82) is 0 Å². The van der Waals surface area contributed by atoms with Crippen LogP contribution in [0.5, 0.6) is 0 Å². The van der Waals surface area contributed by atoms with Crippen LogP contribution in [-0.4, -0.2) is 59.7 Å². The molecule has 2 saturated heterocycles. The maximum absolute atomic E-state index is 5.71. The molecule has 5 nitrogen and oxygen atoms in total. The highest BCUT2D eigenvalue weighted by molar-refractivity contribution is 7.15. The molecule has 2 aliphatic rings. The van der Waals surface area contributed by atoms with Crippen molar-refractivity contribution < 1.29 is 4.74 Å². The molecule has 0 bridgehead atoms. The number of hydrogen-bond acceptors (Lipinski definition) is 6. The van der Waals surface area contributed by atoms with Gasteiger partial charge in [0.2, 0.25) is 0 Å². The first-order valence-electron chi connectivity index (χ1n) is 7.48. The van der Waals surface area contributed by atoms with Crippen LogP contribution in [-0.2, 0) is 11.3 Å². The monoisotopic (exact) mass is 332 g/mol. The van der Waals surface area contributed by atoms with E-state index in [1.807, 2.05) is 6.20 Å². The minimum atomic E-state index is 0. The van der Waals surface area contributed by atoms with E-state index in [4.69, 9.17) is 10.5 Å². The van der Waals surface area contributed by atoms with Crippen LogP contribution >= 0.6 is 23.7 Å². The van der Waals surface area contributed by atoms with E-state index < -0.39 is 0 Å². The maximum Gasteiger partial charge on any atom is 0.180 e. The Hall–Kier alpha value is -0.400. The summed E-state index contributed by atoms with van der Waals surface area (Å²) in [6.45, 7) is 8.64. The van der Waals surface area contributed by atoms with Gasteiger partial charge in [-0.3, -0.25) is 9.80 Å². The smallest absolute Gasteiger partial charge is 0.180 e. The summed E-state index contributed by atoms with van der Waals surface area (Å²) in [7, 11) is 0. The number of hydrogen-bond donors (Lipinski definition) is 1. The van der Waals surface area contributed by atoms with Crippen LogP contribution < -0.4 is 5.73 Å². The molecule has 0 radical (unpaired) electrons. The van der Waals surface area contributed by atoms with Gasteiger partial charge in [-0.2, -0.15) is 0 Å². The number of nitrogen functional groups attached to an aromatic ring is 1. The number of halogens is 1. The molecule has 21 heavy (non-hydrogen) atoms. The van der Waals surface area contributed by atoms with Crippen LogP contribution in [0.15, 0.2) is 6.20 Å². The predicted octanol–water partition coefficient (Wildman–Crippen LogP) is 1.83. The van der Waals surface area contributed by atoms with E-state index in [0.29, 0.717) is 11.2 Å². The molecule has 0 unspecified atom stereocenters. The Labute approximate surface area is 136 Å². The second kappa shape index (κ2) is 7.74. The molecule has 2 N–H and O–H groups in total. The second-order valence-corrected chi connectivity index (χ2v) is 6.97. The lowest BCUT2D eigenvalue weighted by Gasteiger charge is -2.44. The quantitative estimate of drug-likeness (QED) is 0.915. The van der Waals surface area contributed by atoms with Gasteiger partial charge < -0.3 is 10.5 Å². The summed E-state index contributed by atoms with van der Waals surface area (Å²) in [4.78, 5) is 10.6. The Kier molecular flexibility index (Phi) is 6.25. The van der Waals surface area contributed by atoms with Crippen LogP contribution in [0.4, 0.5) is 5.13 Å². The lowest BCUT2D eigenvalue weighted by Crippen LogP contribution is -2.55. The fourth-order valence-corrected chi connectivity index (χ4v) is 3.95. The van der Waals surface area contributed by atoms with Gasteiger partial charge in [0, 0.05) is 62.6 Å². The van der Waals surface area contributed by atoms with Crippen molar-refractivity contribution in [2.24, 2.45) is 0 Å². The van der Waals surface area contributed by atoms with E-state index in [9.17, 15) is 0 Å². The van der Waals surface area contributed by atoms with Gasteiger partial charge in [0.1, 0.15) is 0 Å². The van der Waals surface area contributed by atoms with E-state index in [0.717, 1.165) is 32.3 Å². The first-order chi connectivity index (χ1) is 9.72. The van der Waals surface area contributed by atoms with E-state index in [2.05, 4.69) is 21.7 Å². The number of piperazine rings is 1. The molecule has 7 heteroatoms. The SMILES string of the molecule is C[C@@H]1CN(C2CCOCC2)CCN1Cc1cnc(N)s1.Cl. The number of nitrogens with two attached hydrogens (primary N) is 1. The fourth-order valence-electron chi connectivity index (χ4n) is 3.24. The summed E-state index contributed by atoms with van der Waals surface area (Å²) in [5.74, 6) is 0. The van der Waals surface area contributed by atoms with Gasteiger partial charge in [0.15, 0.2) is 5.13 Å². The summed E-state index contributed by atoms with van der Waals surface area (Å²) >= 11 is 1.61. The number of aromatic nitrogens is 1. The number of thiazole rings is 1. The standard InChI is InChI=1S/C14H24N4OS.ClH/c1-11-9-18(12-2-6-19-7-3-12)5-4-17(11)10-13-8-16-14(15)20-13;/h8,11-12H,2-7,9-10H2,1H3,(H2,15,16);1H/t11-;/m1./s1. The molecule has 0 saturated carbocycles. The van der Waals surface area contributed by atoms with Crippen molar-refractivity contribution in [3.8, 4) is 0 Å². The minimum absolute atomic E-state index is 0. The van der Waals surface area contributed by atoms with Crippen LogP contribution in [0.3, 0.4) is 0 Å². The van der Waals surface area contributed by atoms with Crippen LogP contribution in [0, 0.1) is 0 Å². The average Bonchev–Trinajstić information content (AvgIpc) is 2.87. The van der Waals surface area contributed by atoms with Gasteiger partial charge in [-0.25, -0.2) is 4.98 Å². The molecule has 2 fully saturated rings. The first kappa shape index (κ1) is 17.0. The highest BCUT2D eigenvalue weighted by Crippen LogP contribution is 2.22. The average molecular weight is 333 g/mol. The molecule has 0 amide bonds. The Bertz CT molecular complexity index is 438. The molecule has 3 rings (SSSR count). The molecule has 0 aromatic carbocycles. The lowest BCUT2D eigenvalue weighted by atomic mass is 10.0. The van der Waals surface area contributed by atoms with E-state index >= 15 is 0 Å². The number of nitrogens with zero attached hydrogens (tertiary/aromatic N) is 3. The number of anilines is 1. The molecule has 2 aliphatic heterocycles. The zero-order valence-electron chi connectivity index (χ0n) is 12.5. The molecule has 1 aromatic heterocycles. The highest BCUT2D eigenvalue weighted by atomic mass is 35.5. The molecule has 1 aromatic rings. The molecule has 3 heterocycles. The van der Waals surface area contributed by atoms with Crippen molar-refractivity contribution in [1.82, 2.24) is 14.8 Å². The van der Waals surface area contributed by atoms with E-state index in [1.54, 1.807) is 11.3 Å². The van der Waals surface area contributed by atoms with Crippen molar-refractivity contribution in [2.75, 3.05) is 38.6 Å². The largest absolute Gasteiger partial charge is 0.381 e. The van der Waals surface area contributed by atoms with Gasteiger partial charge >= 0.3 is 0 Å². The Morgan fingerprint density at radius 2 is 2.14 bits per heavy atom. The lowest BCUT2D eigenvalue weighted by molar-refractivity contribution is -0.00318. The van der Waals surface area contributed by atoms with Gasteiger partial charge in [-0.15, -0.1) is 23.7 Å². The maximum atomic E-state index is 5.71. The minimum Gasteiger partial charge on any atom is -0.381 e. The van der Waals surface area contributed by atoms with Crippen molar-refractivity contribution in [3.63, 3.8) is 0 Å². The highest BCUT2D eigenvalue weighted by Gasteiger charge is 2.29. The zero-order chi connectivity index (χ0) is 13.9. The Morgan fingerprint density at radius 1 is 1.38 bits per heavy atom. The van der Waals surface area contributed by atoms with Crippen LogP contribution in [0.2, 0.25) is 0 Å². The molecule has 0 spiro atoms. The first-order valence-corrected chi connectivity index (χ1v) is 8.30. The van der Waals surface area contributed by atoms with Gasteiger partial charge in [-0.05, 0) is 19.8 Å². The van der Waals surface area contributed by atoms with Crippen molar-refractivity contribution >= 4 is 28.9 Å². The molecular formula is C14H25ClN4OS. The van der Waals surface area contributed by atoms with Crippen molar-refractivity contribution in [2.45, 2.75) is 38.4 Å². The normalized spacial score (nSPS) is 25.7. The Morgan fingerprint density at radius 3 is 2.76 bits per heavy atom. The summed E-state index contributed by atoms with van der Waals surface area (Å²) in [5.41, 5.74) is 5.71. The van der Waals surface area contributed by atoms with Gasteiger partial charge in [0.25, 0.3) is 0 Å². The summed E-state index contributed by atoms with van der Waals surface area (Å²) in [6, 6.07) is 1.32. The number of rotatable bonds is 3. The van der Waals surface area contributed by atoms with Gasteiger partial charge in [0.05, 0.1) is 0 Å². The predicted molar refractivity (Wildman–Crippen MR) is 89.1 cm³/mol. The van der Waals surface area contributed by atoms with Crippen molar-refractivity contribution in [3.05, 3.63) is 11.1 Å². The molecule has 1 atom stereocenters. The van der Waals surface area contributed by atoms with E-state index in [-0.39, 0.29) is 12.4 Å². The third-order valence-electron chi connectivity index (χ3n) is 4.43. The summed E-state index contributed by atoms with van der Waals surface area (Å²) < 4.78 is 5.47. The molecular weight excluding hydrogens is 308 g/mol. The topological polar surface area (TPSA) is 54.6 Å². The van der Waals surface area contributed by atoms with Crippen LogP contribution in [0.25, 0.3) is 0 Å². The van der Waals surface area contributed by atoms with Gasteiger partial charge in [-0.1, -0.05) is 0 Å². The third-order valence-corrected chi connectivity index (χ3v) is 5.25. The van der Waals surface area contributed by atoms with Crippen LogP contribution in [0.1, 0.15) is 24.6 Å². The summed E-state index contributed by atoms with van der Waals surface area (Å²) in [5, 5.41) is 0.675. The number of ether oxygens (including phenoxy) is 1.